The molecule has 2 N–H and O–H groups in total. The fraction of sp³-hybridized carbons (Fsp3) is 0.318. The Kier molecular flexibility index (Phi) is 5.68. The van der Waals surface area contributed by atoms with Crippen molar-refractivity contribution in [3.05, 3.63) is 69.8 Å². The molecular formula is C22H18F3N5O3S. The molecule has 1 saturated carbocycles. The van der Waals surface area contributed by atoms with E-state index in [0.29, 0.717) is 12.0 Å². The summed E-state index contributed by atoms with van der Waals surface area (Å²) < 4.78 is 53.9. The van der Waals surface area contributed by atoms with Gasteiger partial charge in [0, 0.05) is 23.3 Å². The number of aliphatic imine (C=N–C) groups is 1. The first-order valence-electron chi connectivity index (χ1n) is 10.3. The second-order valence-corrected chi connectivity index (χ2v) is 8.72. The number of carbonyl (C=O) groups is 1. The van der Waals surface area contributed by atoms with Gasteiger partial charge in [-0.1, -0.05) is 6.07 Å². The van der Waals surface area contributed by atoms with Gasteiger partial charge in [0.25, 0.3) is 12.4 Å². The molecule has 12 heteroatoms. The number of carbonyl (C=O) groups excluding carboxylic acids is 1. The molecule has 3 heterocycles. The molecular weight excluding hydrogens is 471 g/mol. The summed E-state index contributed by atoms with van der Waals surface area (Å²) in [6.45, 7) is 0.218. The summed E-state index contributed by atoms with van der Waals surface area (Å²) in [5.74, 6) is -1.73. The molecule has 0 bridgehead atoms. The third-order valence-electron chi connectivity index (χ3n) is 5.79. The Morgan fingerprint density at radius 3 is 2.85 bits per heavy atom. The van der Waals surface area contributed by atoms with Gasteiger partial charge in [0.15, 0.2) is 11.3 Å². The highest BCUT2D eigenvalue weighted by Gasteiger charge is 2.64. The average Bonchev–Trinajstić information content (AvgIpc) is 3.41. The number of ketones is 1. The number of hydrogen-bond acceptors (Lipinski definition) is 9. The third-order valence-corrected chi connectivity index (χ3v) is 6.42. The maximum atomic E-state index is 14.7. The van der Waals surface area contributed by atoms with Crippen LogP contribution < -0.4 is 10.5 Å². The molecule has 2 aliphatic rings. The molecule has 8 nitrogen and oxygen atoms in total. The van der Waals surface area contributed by atoms with Crippen molar-refractivity contribution < 1.29 is 27.4 Å². The van der Waals surface area contributed by atoms with Crippen LogP contribution in [0.25, 0.3) is 0 Å². The molecule has 1 aliphatic heterocycles. The number of Topliss-reactive ketones (excluding diaryl/α,β-unsaturated/α-hetero) is 1. The van der Waals surface area contributed by atoms with Crippen LogP contribution in [-0.2, 0) is 23.3 Å². The quantitative estimate of drug-likeness (QED) is 0.483. The van der Waals surface area contributed by atoms with E-state index in [-0.39, 0.29) is 30.2 Å². The van der Waals surface area contributed by atoms with Crippen LogP contribution in [0.2, 0.25) is 0 Å². The number of fused-ring (bicyclic) bond motifs is 1. The molecule has 1 aromatic carbocycles. The van der Waals surface area contributed by atoms with Crippen molar-refractivity contribution in [1.82, 2.24) is 15.0 Å². The first kappa shape index (κ1) is 22.3. The molecule has 2 aromatic heterocycles. The second-order valence-electron chi connectivity index (χ2n) is 8.00. The zero-order valence-corrected chi connectivity index (χ0v) is 18.3. The van der Waals surface area contributed by atoms with Gasteiger partial charge in [0.2, 0.25) is 5.88 Å². The van der Waals surface area contributed by atoms with Crippen LogP contribution in [0.1, 0.15) is 33.7 Å². The van der Waals surface area contributed by atoms with Crippen molar-refractivity contribution in [2.24, 2.45) is 16.6 Å². The van der Waals surface area contributed by atoms with Crippen LogP contribution in [0, 0.1) is 11.7 Å². The van der Waals surface area contributed by atoms with Gasteiger partial charge in [-0.25, -0.2) is 33.1 Å². The average molecular weight is 489 g/mol. The number of alkyl halides is 2. The van der Waals surface area contributed by atoms with Crippen LogP contribution in [0.5, 0.6) is 5.88 Å². The van der Waals surface area contributed by atoms with Gasteiger partial charge in [0.05, 0.1) is 23.6 Å². The van der Waals surface area contributed by atoms with Crippen molar-refractivity contribution in [2.45, 2.75) is 37.5 Å². The molecule has 0 spiro atoms. The van der Waals surface area contributed by atoms with E-state index in [9.17, 15) is 18.0 Å². The molecule has 3 atom stereocenters. The summed E-state index contributed by atoms with van der Waals surface area (Å²) >= 11 is 1.44. The summed E-state index contributed by atoms with van der Waals surface area (Å²) in [6.07, 6.45) is -0.847. The van der Waals surface area contributed by atoms with Gasteiger partial charge in [-0.15, -0.1) is 11.3 Å². The summed E-state index contributed by atoms with van der Waals surface area (Å²) in [5.41, 5.74) is 5.98. The molecule has 176 valence electrons. The molecule has 0 amide bonds. The lowest BCUT2D eigenvalue weighted by Crippen LogP contribution is -2.43. The number of ether oxygens (including phenoxy) is 2. The fourth-order valence-corrected chi connectivity index (χ4v) is 4.60. The van der Waals surface area contributed by atoms with Gasteiger partial charge in [-0.2, -0.15) is 0 Å². The number of nitrogens with zero attached hydrogens (tertiary/aromatic N) is 4. The summed E-state index contributed by atoms with van der Waals surface area (Å²) in [4.78, 5) is 28.8. The Balaban J connectivity index is 1.34. The van der Waals surface area contributed by atoms with Crippen LogP contribution in [0.3, 0.4) is 0 Å². The SMILES string of the molecule is NC1=N[C@@](c2cc(CC(=O)c3cnc(OCc4cscn4)cn3)ccc2F)(C(F)F)[C@H]2C[C@H]2O1. The van der Waals surface area contributed by atoms with Crippen molar-refractivity contribution in [1.29, 1.82) is 0 Å². The van der Waals surface area contributed by atoms with E-state index in [1.165, 1.54) is 35.9 Å². The number of hydrogen-bond donors (Lipinski definition) is 1. The highest BCUT2D eigenvalue weighted by atomic mass is 32.1. The largest absolute Gasteiger partial charge is 0.470 e. The van der Waals surface area contributed by atoms with E-state index in [1.807, 2.05) is 5.38 Å². The number of thiazole rings is 1. The predicted molar refractivity (Wildman–Crippen MR) is 115 cm³/mol. The van der Waals surface area contributed by atoms with Gasteiger partial charge >= 0.3 is 0 Å². The maximum Gasteiger partial charge on any atom is 0.283 e. The van der Waals surface area contributed by atoms with Crippen molar-refractivity contribution in [2.75, 3.05) is 0 Å². The van der Waals surface area contributed by atoms with Gasteiger partial charge in [0.1, 0.15) is 24.2 Å². The summed E-state index contributed by atoms with van der Waals surface area (Å²) in [6, 6.07) is 3.27. The molecule has 3 aromatic rings. The zero-order valence-electron chi connectivity index (χ0n) is 17.5. The van der Waals surface area contributed by atoms with Crippen molar-refractivity contribution in [3.63, 3.8) is 0 Å². The number of halogens is 3. The number of rotatable bonds is 8. The fourth-order valence-electron chi connectivity index (χ4n) is 4.06. The lowest BCUT2D eigenvalue weighted by atomic mass is 9.83. The number of nitrogens with two attached hydrogens (primary N) is 1. The van der Waals surface area contributed by atoms with Crippen LogP contribution in [0.4, 0.5) is 13.2 Å². The van der Waals surface area contributed by atoms with Crippen molar-refractivity contribution in [3.8, 4) is 5.88 Å². The Morgan fingerprint density at radius 2 is 2.15 bits per heavy atom. The minimum absolute atomic E-state index is 0.0612. The standard InChI is InChI=1S/C22H18F3N5O3S/c23-15-2-1-11(3-13(15)22(20(24)25)14-5-18(14)33-21(26)30-22)4-17(31)16-6-28-19(7-27-16)32-8-12-9-34-10-29-12/h1-3,6-7,9-10,14,18,20H,4-5,8H2,(H2,26,30)/t14-,18+,22+/m0/s1. The van der Waals surface area contributed by atoms with Gasteiger partial charge in [-0.05, 0) is 24.1 Å². The molecule has 5 rings (SSSR count). The second kappa shape index (κ2) is 8.67. The Bertz CT molecular complexity index is 1240. The summed E-state index contributed by atoms with van der Waals surface area (Å²) in [5, 5.41) is 1.84. The first-order chi connectivity index (χ1) is 16.4. The summed E-state index contributed by atoms with van der Waals surface area (Å²) in [7, 11) is 0. The first-order valence-corrected chi connectivity index (χ1v) is 11.2. The Morgan fingerprint density at radius 1 is 1.29 bits per heavy atom. The number of benzene rings is 1. The molecule has 0 unspecified atom stereocenters. The highest BCUT2D eigenvalue weighted by Crippen LogP contribution is 2.56. The minimum Gasteiger partial charge on any atom is -0.470 e. The highest BCUT2D eigenvalue weighted by molar-refractivity contribution is 7.07. The number of aromatic nitrogens is 3. The number of amidine groups is 1. The normalized spacial score (nSPS) is 23.1. The van der Waals surface area contributed by atoms with E-state index < -0.39 is 41.6 Å². The van der Waals surface area contributed by atoms with Crippen molar-refractivity contribution >= 4 is 23.1 Å². The molecule has 1 fully saturated rings. The Labute approximate surface area is 195 Å². The van der Waals surface area contributed by atoms with Crippen LogP contribution in [0.15, 0.2) is 46.5 Å². The van der Waals surface area contributed by atoms with E-state index in [0.717, 1.165) is 11.8 Å². The minimum atomic E-state index is -3.01. The smallest absolute Gasteiger partial charge is 0.283 e. The van der Waals surface area contributed by atoms with E-state index in [2.05, 4.69) is 19.9 Å². The molecule has 0 radical (unpaired) electrons. The third kappa shape index (κ3) is 4.09. The molecule has 1 aliphatic carbocycles. The van der Waals surface area contributed by atoms with E-state index >= 15 is 0 Å². The topological polar surface area (TPSA) is 113 Å². The van der Waals surface area contributed by atoms with Gasteiger partial charge < -0.3 is 15.2 Å². The van der Waals surface area contributed by atoms with Gasteiger partial charge in [-0.3, -0.25) is 4.79 Å². The van der Waals surface area contributed by atoms with Crippen LogP contribution in [-0.4, -0.2) is 39.3 Å². The molecule has 0 saturated heterocycles. The lowest BCUT2D eigenvalue weighted by Gasteiger charge is -2.33. The Hall–Kier alpha value is -3.54. The molecule has 34 heavy (non-hydrogen) atoms. The predicted octanol–water partition coefficient (Wildman–Crippen LogP) is 3.27. The van der Waals surface area contributed by atoms with E-state index in [4.69, 9.17) is 15.2 Å². The zero-order chi connectivity index (χ0) is 23.9. The van der Waals surface area contributed by atoms with E-state index in [1.54, 1.807) is 5.51 Å². The maximum absolute atomic E-state index is 14.7. The lowest BCUT2D eigenvalue weighted by molar-refractivity contribution is 0.0176. The van der Waals surface area contributed by atoms with Crippen LogP contribution >= 0.6 is 11.3 Å². The monoisotopic (exact) mass is 489 g/mol.